The maximum absolute atomic E-state index is 12.3. The molecule has 1 saturated heterocycles. The van der Waals surface area contributed by atoms with Gasteiger partial charge in [0.2, 0.25) is 0 Å². The molecule has 3 rings (SSSR count). The summed E-state index contributed by atoms with van der Waals surface area (Å²) in [4.78, 5) is 29.2. The van der Waals surface area contributed by atoms with Crippen molar-refractivity contribution >= 4 is 6.03 Å². The van der Waals surface area contributed by atoms with Gasteiger partial charge in [0.1, 0.15) is 0 Å². The number of aromatic amines is 1. The average molecular weight is 371 g/mol. The van der Waals surface area contributed by atoms with Gasteiger partial charge in [0.25, 0.3) is 0 Å². The Kier molecular flexibility index (Phi) is 6.01. The maximum Gasteiger partial charge on any atom is 0.330 e. The molecule has 27 heavy (non-hydrogen) atoms. The van der Waals surface area contributed by atoms with Crippen molar-refractivity contribution in [1.82, 2.24) is 25.1 Å². The molecule has 1 aromatic heterocycles. The quantitative estimate of drug-likeness (QED) is 0.729. The van der Waals surface area contributed by atoms with Crippen LogP contribution in [0, 0.1) is 6.92 Å². The van der Waals surface area contributed by atoms with Crippen LogP contribution in [0.15, 0.2) is 35.3 Å². The number of hydrogen-bond donors (Lipinski definition) is 3. The van der Waals surface area contributed by atoms with Gasteiger partial charge in [0.15, 0.2) is 0 Å². The summed E-state index contributed by atoms with van der Waals surface area (Å²) in [5.74, 6) is 0. The molecule has 2 unspecified atom stereocenters. The van der Waals surface area contributed by atoms with Crippen LogP contribution >= 0.6 is 0 Å². The van der Waals surface area contributed by atoms with Crippen molar-refractivity contribution in [1.29, 1.82) is 0 Å². The molecule has 2 atom stereocenters. The van der Waals surface area contributed by atoms with Crippen molar-refractivity contribution in [3.05, 3.63) is 52.2 Å². The van der Waals surface area contributed by atoms with Gasteiger partial charge in [-0.3, -0.25) is 4.57 Å². The second kappa shape index (κ2) is 8.43. The first-order valence-corrected chi connectivity index (χ1v) is 9.64. The number of carbonyl (C=O) groups excluding carboxylic acids is 1. The van der Waals surface area contributed by atoms with E-state index in [0.717, 1.165) is 49.4 Å². The lowest BCUT2D eigenvalue weighted by Gasteiger charge is -2.19. The van der Waals surface area contributed by atoms with Gasteiger partial charge in [-0.25, -0.2) is 9.59 Å². The zero-order valence-electron chi connectivity index (χ0n) is 16.3. The lowest BCUT2D eigenvalue weighted by atomic mass is 10.1. The van der Waals surface area contributed by atoms with E-state index in [0.29, 0.717) is 0 Å². The van der Waals surface area contributed by atoms with E-state index >= 15 is 0 Å². The fraction of sp³-hybridized carbons (Fsp3) is 0.500. The number of aryl methyl sites for hydroxylation is 1. The Morgan fingerprint density at radius 2 is 2.07 bits per heavy atom. The van der Waals surface area contributed by atoms with Crippen molar-refractivity contribution in [3.8, 4) is 5.69 Å². The molecule has 0 spiro atoms. The molecule has 1 aromatic carbocycles. The molecule has 0 radical (unpaired) electrons. The number of carbonyl (C=O) groups is 1. The Bertz CT molecular complexity index is 824. The average Bonchev–Trinajstić information content (AvgIpc) is 3.21. The largest absolute Gasteiger partial charge is 0.334 e. The molecule has 3 N–H and O–H groups in total. The van der Waals surface area contributed by atoms with E-state index in [1.165, 1.54) is 0 Å². The minimum Gasteiger partial charge on any atom is -0.334 e. The van der Waals surface area contributed by atoms with E-state index in [1.54, 1.807) is 10.8 Å². The van der Waals surface area contributed by atoms with Crippen molar-refractivity contribution in [2.75, 3.05) is 19.6 Å². The smallest absolute Gasteiger partial charge is 0.330 e. The molecular weight excluding hydrogens is 342 g/mol. The summed E-state index contributed by atoms with van der Waals surface area (Å²) in [5, 5.41) is 6.08. The summed E-state index contributed by atoms with van der Waals surface area (Å²) < 4.78 is 1.62. The third-order valence-corrected chi connectivity index (χ3v) is 5.11. The van der Waals surface area contributed by atoms with E-state index in [9.17, 15) is 9.59 Å². The Labute approximate surface area is 159 Å². The highest BCUT2D eigenvalue weighted by Crippen LogP contribution is 2.16. The van der Waals surface area contributed by atoms with Crippen molar-refractivity contribution in [2.24, 2.45) is 0 Å². The highest BCUT2D eigenvalue weighted by atomic mass is 16.2. The number of nitrogens with one attached hydrogen (secondary N) is 3. The van der Waals surface area contributed by atoms with Crippen molar-refractivity contribution in [2.45, 2.75) is 45.7 Å². The third-order valence-electron chi connectivity index (χ3n) is 5.11. The Morgan fingerprint density at radius 3 is 2.70 bits per heavy atom. The Hall–Kier alpha value is -2.54. The van der Waals surface area contributed by atoms with Crippen LogP contribution in [-0.4, -0.2) is 46.2 Å². The fourth-order valence-corrected chi connectivity index (χ4v) is 3.67. The number of amides is 2. The van der Waals surface area contributed by atoms with Crippen molar-refractivity contribution < 1.29 is 4.79 Å². The second-order valence-corrected chi connectivity index (χ2v) is 7.29. The molecule has 1 fully saturated rings. The van der Waals surface area contributed by atoms with Crippen LogP contribution < -0.4 is 16.3 Å². The monoisotopic (exact) mass is 371 g/mol. The van der Waals surface area contributed by atoms with E-state index in [2.05, 4.69) is 27.4 Å². The first-order valence-electron chi connectivity index (χ1n) is 9.64. The fourth-order valence-electron chi connectivity index (χ4n) is 3.67. The summed E-state index contributed by atoms with van der Waals surface area (Å²) in [6.45, 7) is 9.08. The van der Waals surface area contributed by atoms with Gasteiger partial charge >= 0.3 is 11.7 Å². The highest BCUT2D eigenvalue weighted by molar-refractivity contribution is 5.74. The predicted molar refractivity (Wildman–Crippen MR) is 106 cm³/mol. The number of likely N-dealkylation sites (tertiary alicyclic amines) is 1. The van der Waals surface area contributed by atoms with Crippen LogP contribution in [0.4, 0.5) is 4.79 Å². The zero-order chi connectivity index (χ0) is 19.4. The molecule has 1 aliphatic heterocycles. The van der Waals surface area contributed by atoms with Crippen LogP contribution in [-0.2, 0) is 0 Å². The van der Waals surface area contributed by atoms with E-state index < -0.39 is 0 Å². The number of urea groups is 1. The summed E-state index contributed by atoms with van der Waals surface area (Å²) >= 11 is 0. The zero-order valence-corrected chi connectivity index (χ0v) is 16.3. The molecule has 7 nitrogen and oxygen atoms in total. The molecule has 146 valence electrons. The Morgan fingerprint density at radius 1 is 1.33 bits per heavy atom. The van der Waals surface area contributed by atoms with E-state index in [4.69, 9.17) is 0 Å². The standard InChI is InChI=1S/C20H29N5O2/c1-4-10-24-11-9-17(13-24)23-19(26)22-15(3)16-5-7-18(8-6-16)25-14(2)12-21-20(25)27/h5-8,12,15,17H,4,9-11,13H2,1-3H3,(H,21,27)(H2,22,23,26). The van der Waals surface area contributed by atoms with Crippen LogP contribution in [0.3, 0.4) is 0 Å². The molecule has 0 aliphatic carbocycles. The first-order chi connectivity index (χ1) is 13.0. The summed E-state index contributed by atoms with van der Waals surface area (Å²) in [5.41, 5.74) is 2.50. The number of H-pyrrole nitrogens is 1. The molecule has 2 heterocycles. The van der Waals surface area contributed by atoms with E-state index in [1.807, 2.05) is 38.1 Å². The highest BCUT2D eigenvalue weighted by Gasteiger charge is 2.23. The van der Waals surface area contributed by atoms with Crippen LogP contribution in [0.5, 0.6) is 0 Å². The van der Waals surface area contributed by atoms with Gasteiger partial charge in [-0.2, -0.15) is 0 Å². The molecule has 0 saturated carbocycles. The number of aromatic nitrogens is 2. The van der Waals surface area contributed by atoms with Crippen LogP contribution in [0.25, 0.3) is 5.69 Å². The van der Waals surface area contributed by atoms with Gasteiger partial charge in [0, 0.05) is 31.0 Å². The van der Waals surface area contributed by atoms with Crippen LogP contribution in [0.2, 0.25) is 0 Å². The number of hydrogen-bond acceptors (Lipinski definition) is 3. The summed E-state index contributed by atoms with van der Waals surface area (Å²) in [6.07, 6.45) is 3.83. The number of imidazole rings is 1. The summed E-state index contributed by atoms with van der Waals surface area (Å²) in [6, 6.07) is 7.65. The molecular formula is C20H29N5O2. The first kappa shape index (κ1) is 19.2. The van der Waals surface area contributed by atoms with Crippen LogP contribution in [0.1, 0.15) is 44.0 Å². The number of nitrogens with zero attached hydrogens (tertiary/aromatic N) is 2. The lowest BCUT2D eigenvalue weighted by molar-refractivity contribution is 0.233. The van der Waals surface area contributed by atoms with Gasteiger partial charge in [-0.1, -0.05) is 19.1 Å². The van der Waals surface area contributed by atoms with Gasteiger partial charge < -0.3 is 20.5 Å². The van der Waals surface area contributed by atoms with Crippen molar-refractivity contribution in [3.63, 3.8) is 0 Å². The minimum absolute atomic E-state index is 0.115. The predicted octanol–water partition coefficient (Wildman–Crippen LogP) is 2.32. The lowest BCUT2D eigenvalue weighted by Crippen LogP contribution is -2.44. The van der Waals surface area contributed by atoms with Gasteiger partial charge in [-0.15, -0.1) is 0 Å². The van der Waals surface area contributed by atoms with E-state index in [-0.39, 0.29) is 23.8 Å². The third kappa shape index (κ3) is 4.60. The topological polar surface area (TPSA) is 82.2 Å². The number of rotatable bonds is 6. The SMILES string of the molecule is CCCN1CCC(NC(=O)NC(C)c2ccc(-n3c(C)c[nH]c3=O)cc2)C1. The minimum atomic E-state index is -0.153. The molecule has 1 aliphatic rings. The molecule has 2 aromatic rings. The molecule has 7 heteroatoms. The molecule has 0 bridgehead atoms. The second-order valence-electron chi connectivity index (χ2n) is 7.29. The van der Waals surface area contributed by atoms with Gasteiger partial charge in [0.05, 0.1) is 11.7 Å². The number of benzene rings is 1. The summed E-state index contributed by atoms with van der Waals surface area (Å²) in [7, 11) is 0. The molecule has 2 amide bonds. The van der Waals surface area contributed by atoms with Gasteiger partial charge in [-0.05, 0) is 50.9 Å². The maximum atomic E-state index is 12.3. The normalized spacial score (nSPS) is 18.4. The Balaban J connectivity index is 1.56.